The van der Waals surface area contributed by atoms with Gasteiger partial charge in [0.05, 0.1) is 18.5 Å². The van der Waals surface area contributed by atoms with Gasteiger partial charge in [0.25, 0.3) is 10.0 Å². The Morgan fingerprint density at radius 1 is 1.15 bits per heavy atom. The molecule has 0 atom stereocenters. The average Bonchev–Trinajstić information content (AvgIpc) is 3.02. The van der Waals surface area contributed by atoms with Crippen molar-refractivity contribution in [2.24, 2.45) is 0 Å². The van der Waals surface area contributed by atoms with Crippen molar-refractivity contribution in [3.8, 4) is 5.75 Å². The third kappa shape index (κ3) is 3.48. The van der Waals surface area contributed by atoms with Crippen LogP contribution in [0, 0.1) is 11.6 Å². The Labute approximate surface area is 149 Å². The molecule has 1 N–H and O–H groups in total. The van der Waals surface area contributed by atoms with Crippen LogP contribution in [0.25, 0.3) is 0 Å². The highest BCUT2D eigenvalue weighted by molar-refractivity contribution is 7.92. The second-order valence-corrected chi connectivity index (χ2v) is 7.37. The smallest absolute Gasteiger partial charge is 0.264 e. The van der Waals surface area contributed by atoms with Crippen LogP contribution in [0.15, 0.2) is 41.3 Å². The van der Waals surface area contributed by atoms with Gasteiger partial charge in [-0.05, 0) is 42.8 Å². The highest BCUT2D eigenvalue weighted by Crippen LogP contribution is 2.34. The first-order chi connectivity index (χ1) is 12.3. The fourth-order valence-electron chi connectivity index (χ4n) is 2.76. The predicted octanol–water partition coefficient (Wildman–Crippen LogP) is 2.90. The van der Waals surface area contributed by atoms with Gasteiger partial charge >= 0.3 is 0 Å². The third-order valence-corrected chi connectivity index (χ3v) is 5.37. The molecule has 1 heterocycles. The van der Waals surface area contributed by atoms with Crippen molar-refractivity contribution in [1.29, 1.82) is 0 Å². The van der Waals surface area contributed by atoms with Crippen molar-refractivity contribution >= 4 is 27.3 Å². The Hall–Kier alpha value is -2.68. The molecule has 0 bridgehead atoms. The summed E-state index contributed by atoms with van der Waals surface area (Å²) >= 11 is 0. The van der Waals surface area contributed by atoms with E-state index < -0.39 is 26.6 Å². The molecular weight excluding hydrogens is 366 g/mol. The number of sulfonamides is 1. The number of carbonyl (C=O) groups excluding carboxylic acids is 1. The minimum absolute atomic E-state index is 0.0977. The highest BCUT2D eigenvalue weighted by atomic mass is 32.2. The van der Waals surface area contributed by atoms with Crippen molar-refractivity contribution in [2.45, 2.75) is 17.7 Å². The number of anilines is 2. The zero-order chi connectivity index (χ0) is 18.9. The number of hydrogen-bond donors (Lipinski definition) is 1. The van der Waals surface area contributed by atoms with Crippen molar-refractivity contribution in [3.63, 3.8) is 0 Å². The lowest BCUT2D eigenvalue weighted by Crippen LogP contribution is -2.24. The Morgan fingerprint density at radius 2 is 1.92 bits per heavy atom. The second kappa shape index (κ2) is 6.91. The number of carbonyl (C=O) groups is 1. The number of rotatable bonds is 5. The Kier molecular flexibility index (Phi) is 4.82. The molecule has 1 amide bonds. The van der Waals surface area contributed by atoms with Gasteiger partial charge in [-0.1, -0.05) is 0 Å². The van der Waals surface area contributed by atoms with Crippen LogP contribution in [-0.4, -0.2) is 28.0 Å². The molecule has 1 aliphatic rings. The lowest BCUT2D eigenvalue weighted by molar-refractivity contribution is -0.117. The molecule has 0 radical (unpaired) electrons. The molecule has 1 fully saturated rings. The summed E-state index contributed by atoms with van der Waals surface area (Å²) in [6.07, 6.45) is 1.08. The van der Waals surface area contributed by atoms with Crippen LogP contribution in [0.3, 0.4) is 0 Å². The maximum Gasteiger partial charge on any atom is 0.264 e. The van der Waals surface area contributed by atoms with Crippen LogP contribution >= 0.6 is 0 Å². The summed E-state index contributed by atoms with van der Waals surface area (Å²) in [6.45, 7) is 0.490. The van der Waals surface area contributed by atoms with Crippen LogP contribution in [0.5, 0.6) is 5.75 Å². The van der Waals surface area contributed by atoms with E-state index in [1.54, 1.807) is 0 Å². The highest BCUT2D eigenvalue weighted by Gasteiger charge is 2.26. The first-order valence-corrected chi connectivity index (χ1v) is 9.26. The summed E-state index contributed by atoms with van der Waals surface area (Å²) in [7, 11) is -2.91. The maximum atomic E-state index is 13.8. The molecular formula is C17H16F2N2O4S. The molecule has 0 spiro atoms. The van der Waals surface area contributed by atoms with Gasteiger partial charge in [0.2, 0.25) is 5.91 Å². The van der Waals surface area contributed by atoms with E-state index in [1.165, 1.54) is 30.2 Å². The van der Waals surface area contributed by atoms with Gasteiger partial charge in [0.15, 0.2) is 0 Å². The summed E-state index contributed by atoms with van der Waals surface area (Å²) in [4.78, 5) is 12.7. The number of nitrogens with zero attached hydrogens (tertiary/aromatic N) is 1. The average molecular weight is 382 g/mol. The van der Waals surface area contributed by atoms with E-state index in [0.29, 0.717) is 36.9 Å². The summed E-state index contributed by atoms with van der Waals surface area (Å²) in [5.41, 5.74) is 0.513. The zero-order valence-corrected chi connectivity index (χ0v) is 14.6. The molecule has 9 heteroatoms. The molecule has 2 aromatic carbocycles. The SMILES string of the molecule is COc1ccc(NS(=O)(=O)c2cc(F)ccc2F)cc1N1CCCC1=O. The van der Waals surface area contributed by atoms with Gasteiger partial charge in [0.1, 0.15) is 22.3 Å². The van der Waals surface area contributed by atoms with E-state index >= 15 is 0 Å². The van der Waals surface area contributed by atoms with E-state index in [1.807, 2.05) is 0 Å². The van der Waals surface area contributed by atoms with E-state index in [4.69, 9.17) is 4.74 Å². The maximum absolute atomic E-state index is 13.8. The van der Waals surface area contributed by atoms with E-state index in [9.17, 15) is 22.0 Å². The molecule has 6 nitrogen and oxygen atoms in total. The molecule has 1 saturated heterocycles. The van der Waals surface area contributed by atoms with Crippen molar-refractivity contribution in [1.82, 2.24) is 0 Å². The molecule has 0 unspecified atom stereocenters. The van der Waals surface area contributed by atoms with Gasteiger partial charge in [-0.2, -0.15) is 0 Å². The largest absolute Gasteiger partial charge is 0.495 e. The fourth-order valence-corrected chi connectivity index (χ4v) is 3.90. The number of methoxy groups -OCH3 is 1. The van der Waals surface area contributed by atoms with Gasteiger partial charge in [0, 0.05) is 13.0 Å². The summed E-state index contributed by atoms with van der Waals surface area (Å²) < 4.78 is 59.3. The number of ether oxygens (including phenoxy) is 1. The van der Waals surface area contributed by atoms with Crippen LogP contribution in [0.1, 0.15) is 12.8 Å². The van der Waals surface area contributed by atoms with Crippen molar-refractivity contribution in [2.75, 3.05) is 23.3 Å². The third-order valence-electron chi connectivity index (χ3n) is 3.98. The Morgan fingerprint density at radius 3 is 2.58 bits per heavy atom. The molecule has 0 aromatic heterocycles. The number of halogens is 2. The quantitative estimate of drug-likeness (QED) is 0.863. The van der Waals surface area contributed by atoms with E-state index in [2.05, 4.69) is 4.72 Å². The predicted molar refractivity (Wildman–Crippen MR) is 91.7 cm³/mol. The van der Waals surface area contributed by atoms with Crippen molar-refractivity contribution < 1.29 is 26.7 Å². The number of amides is 1. The zero-order valence-electron chi connectivity index (χ0n) is 13.8. The standard InChI is InChI=1S/C17H16F2N2O4S/c1-25-15-7-5-12(10-14(15)21-8-2-3-17(21)22)20-26(23,24)16-9-11(18)4-6-13(16)19/h4-7,9-10,20H,2-3,8H2,1H3. The van der Waals surface area contributed by atoms with Gasteiger partial charge in [-0.15, -0.1) is 0 Å². The molecule has 26 heavy (non-hydrogen) atoms. The van der Waals surface area contributed by atoms with E-state index in [0.717, 1.165) is 12.1 Å². The van der Waals surface area contributed by atoms with Crippen molar-refractivity contribution in [3.05, 3.63) is 48.0 Å². The first-order valence-electron chi connectivity index (χ1n) is 7.78. The van der Waals surface area contributed by atoms with Gasteiger partial charge in [-0.3, -0.25) is 9.52 Å². The Bertz CT molecular complexity index is 963. The number of nitrogens with one attached hydrogen (secondary N) is 1. The molecule has 0 aliphatic carbocycles. The van der Waals surface area contributed by atoms with Gasteiger partial charge < -0.3 is 9.64 Å². The lowest BCUT2D eigenvalue weighted by Gasteiger charge is -2.20. The summed E-state index contributed by atoms with van der Waals surface area (Å²) in [5.74, 6) is -1.63. The first kappa shape index (κ1) is 18.1. The van der Waals surface area contributed by atoms with Crippen LogP contribution in [-0.2, 0) is 14.8 Å². The molecule has 2 aromatic rings. The number of hydrogen-bond acceptors (Lipinski definition) is 4. The monoisotopic (exact) mass is 382 g/mol. The number of benzene rings is 2. The van der Waals surface area contributed by atoms with Crippen LogP contribution < -0.4 is 14.4 Å². The molecule has 3 rings (SSSR count). The van der Waals surface area contributed by atoms with Gasteiger partial charge in [-0.25, -0.2) is 17.2 Å². The van der Waals surface area contributed by atoms with Crippen LogP contribution in [0.2, 0.25) is 0 Å². The second-order valence-electron chi connectivity index (χ2n) is 5.72. The summed E-state index contributed by atoms with van der Waals surface area (Å²) in [5, 5.41) is 0. The molecule has 138 valence electrons. The normalized spacial score (nSPS) is 14.6. The lowest BCUT2D eigenvalue weighted by atomic mass is 10.2. The molecule has 1 aliphatic heterocycles. The van der Waals surface area contributed by atoms with Crippen LogP contribution in [0.4, 0.5) is 20.2 Å². The van der Waals surface area contributed by atoms with E-state index in [-0.39, 0.29) is 11.6 Å². The minimum atomic E-state index is -4.35. The topological polar surface area (TPSA) is 75.7 Å². The molecule has 0 saturated carbocycles. The Balaban J connectivity index is 1.97. The fraction of sp³-hybridized carbons (Fsp3) is 0.235. The minimum Gasteiger partial charge on any atom is -0.495 e. The summed E-state index contributed by atoms with van der Waals surface area (Å²) in [6, 6.07) is 6.52.